The summed E-state index contributed by atoms with van der Waals surface area (Å²) in [6.07, 6.45) is 36.4. The highest BCUT2D eigenvalue weighted by atomic mass is 35.5. The maximum absolute atomic E-state index is 12.7. The summed E-state index contributed by atoms with van der Waals surface area (Å²) in [4.78, 5) is 129. The first-order valence-electron chi connectivity index (χ1n) is 41.5. The highest BCUT2D eigenvalue weighted by molar-refractivity contribution is 5.76. The number of allylic oxidation sites excluding steroid dienone is 1. The summed E-state index contributed by atoms with van der Waals surface area (Å²) >= 11 is 0. The van der Waals surface area contributed by atoms with Crippen molar-refractivity contribution >= 4 is 65.7 Å². The smallest absolute Gasteiger partial charge is 0.364 e. The highest BCUT2D eigenvalue weighted by Gasteiger charge is 2.28. The third kappa shape index (κ3) is 73.2. The zero-order chi connectivity index (χ0) is 82.6. The van der Waals surface area contributed by atoms with E-state index in [9.17, 15) is 63.0 Å². The molecule has 0 amide bonds. The number of carbonyl (C=O) groups is 11. The number of nitrogens with zero attached hydrogens (tertiary/aromatic N) is 2. The van der Waals surface area contributed by atoms with Crippen molar-refractivity contribution in [2.75, 3.05) is 81.2 Å². The number of carbonyl (C=O) groups excluding carboxylic acids is 9. The molecule has 0 aliphatic carbocycles. The average Bonchev–Trinajstić information content (AvgIpc) is 0.911. The Hall–Kier alpha value is -5.75. The second kappa shape index (κ2) is 74.1. The molecule has 0 aromatic carbocycles. The van der Waals surface area contributed by atoms with E-state index in [2.05, 4.69) is 32.9 Å². The van der Waals surface area contributed by atoms with E-state index >= 15 is 0 Å². The Kier molecular flexibility index (Phi) is 74.5. The average molecular weight is 1650 g/mol. The largest absolute Gasteiger partial charge is 1.00 e. The fourth-order valence-electron chi connectivity index (χ4n) is 11.8. The maximum atomic E-state index is 12.7. The Balaban J connectivity index is -0.00000107. The van der Waals surface area contributed by atoms with Crippen LogP contribution in [-0.4, -0.2) is 219 Å². The second-order valence-electron chi connectivity index (χ2n) is 30.5. The topological polar surface area (TPSA) is 404 Å². The predicted molar refractivity (Wildman–Crippen MR) is 418 cm³/mol. The number of esters is 9. The van der Waals surface area contributed by atoms with Crippen LogP contribution in [0.1, 0.15) is 324 Å². The van der Waals surface area contributed by atoms with Crippen molar-refractivity contribution in [1.82, 2.24) is 0 Å². The molecule has 0 spiro atoms. The molecule has 8 N–H and O–H groups in total. The number of quaternary nitrogens is 2. The molecule has 0 saturated carbocycles. The zero-order valence-corrected chi connectivity index (χ0v) is 71.4. The number of aliphatic carboxylic acids is 2. The third-order valence-corrected chi connectivity index (χ3v) is 18.8. The summed E-state index contributed by atoms with van der Waals surface area (Å²) < 4.78 is 47.7. The first-order chi connectivity index (χ1) is 52.4. The maximum Gasteiger partial charge on any atom is 0.364 e. The summed E-state index contributed by atoms with van der Waals surface area (Å²) in [5.74, 6) is -5.98. The van der Waals surface area contributed by atoms with Gasteiger partial charge in [0.15, 0.2) is 13.1 Å². The summed E-state index contributed by atoms with van der Waals surface area (Å²) in [5.41, 5.74) is 11.0. The lowest BCUT2D eigenvalue weighted by Gasteiger charge is -2.29. The number of likely N-dealkylation sites (N-methyl/N-ethyl adjacent to an activating group) is 2. The second-order valence-corrected chi connectivity index (χ2v) is 30.5. The van der Waals surface area contributed by atoms with Gasteiger partial charge in [0.1, 0.15) is 56.7 Å². The number of hydrogen-bond donors (Lipinski definition) is 6. The minimum Gasteiger partial charge on any atom is -1.00 e. The van der Waals surface area contributed by atoms with Gasteiger partial charge in [0.25, 0.3) is 0 Å². The monoisotopic (exact) mass is 1650 g/mol. The Bertz CT molecular complexity index is 2420. The molecule has 30 heteroatoms. The van der Waals surface area contributed by atoms with Crippen molar-refractivity contribution in [3.05, 3.63) is 12.2 Å². The van der Waals surface area contributed by atoms with Gasteiger partial charge < -0.3 is 108 Å². The fraction of sp³-hybridized carbons (Fsp3) is 0.841. The molecular formula is C82H150Cl2N4O24. The molecule has 0 rings (SSSR count). The predicted octanol–water partition coefficient (Wildman–Crippen LogP) is 6.80. The Labute approximate surface area is 683 Å². The quantitative estimate of drug-likeness (QED) is 0.00910. The van der Waals surface area contributed by atoms with Crippen molar-refractivity contribution in [3.8, 4) is 0 Å². The zero-order valence-electron chi connectivity index (χ0n) is 69.9. The van der Waals surface area contributed by atoms with Crippen molar-refractivity contribution in [3.63, 3.8) is 0 Å². The number of carboxylic acids is 2. The highest BCUT2D eigenvalue weighted by Crippen LogP contribution is 2.22. The van der Waals surface area contributed by atoms with Crippen molar-refractivity contribution < 1.29 is 150 Å². The van der Waals surface area contributed by atoms with E-state index in [1.165, 1.54) is 20.3 Å². The molecule has 0 aromatic rings. The van der Waals surface area contributed by atoms with Crippen LogP contribution in [0.4, 0.5) is 0 Å². The Morgan fingerprint density at radius 2 is 0.661 bits per heavy atom. The van der Waals surface area contributed by atoms with Gasteiger partial charge in [-0.15, -0.1) is 0 Å². The number of carboxylic acid groups (broad SMARTS) is 2. The number of ether oxygens (including phenoxy) is 9. The normalized spacial score (nSPS) is 13.2. The van der Waals surface area contributed by atoms with Gasteiger partial charge >= 0.3 is 65.7 Å². The van der Waals surface area contributed by atoms with Gasteiger partial charge in [0.05, 0.1) is 40.4 Å². The van der Waals surface area contributed by atoms with Crippen LogP contribution in [0.15, 0.2) is 12.2 Å². The van der Waals surface area contributed by atoms with Gasteiger partial charge in [-0.1, -0.05) is 187 Å². The van der Waals surface area contributed by atoms with E-state index in [-0.39, 0.29) is 143 Å². The minimum atomic E-state index is -1.16. The van der Waals surface area contributed by atoms with Crippen molar-refractivity contribution in [2.45, 2.75) is 366 Å². The van der Waals surface area contributed by atoms with E-state index in [1.807, 2.05) is 28.2 Å². The Morgan fingerprint density at radius 1 is 0.348 bits per heavy atom. The van der Waals surface area contributed by atoms with Gasteiger partial charge in [-0.2, -0.15) is 0 Å². The van der Waals surface area contributed by atoms with Gasteiger partial charge in [0, 0.05) is 52.4 Å². The third-order valence-electron chi connectivity index (χ3n) is 18.8. The molecule has 0 aromatic heterocycles. The number of unbranched alkanes of at least 4 members (excludes halogenated alkanes) is 26. The first-order valence-corrected chi connectivity index (χ1v) is 41.5. The van der Waals surface area contributed by atoms with Crippen molar-refractivity contribution in [1.29, 1.82) is 0 Å². The van der Waals surface area contributed by atoms with E-state index < -0.39 is 79.1 Å². The molecule has 656 valence electrons. The molecule has 0 aliphatic rings. The summed E-state index contributed by atoms with van der Waals surface area (Å²) in [6.45, 7) is 10.0. The number of hydrogen-bond acceptors (Lipinski definition) is 24. The number of nitrogens with two attached hydrogens (primary N) is 2. The van der Waals surface area contributed by atoms with Crippen LogP contribution in [0.2, 0.25) is 0 Å². The first kappa shape index (κ1) is 113. The minimum absolute atomic E-state index is 0. The summed E-state index contributed by atoms with van der Waals surface area (Å²) in [6, 6.07) is -2.24. The Morgan fingerprint density at radius 3 is 1.03 bits per heavy atom. The lowest BCUT2D eigenvalue weighted by molar-refractivity contribution is -0.883. The van der Waals surface area contributed by atoms with Crippen LogP contribution >= 0.6 is 0 Å². The van der Waals surface area contributed by atoms with E-state index in [0.717, 1.165) is 186 Å². The standard InChI is InChI=1S/C47H86N2O14.C35H64N2O10.2ClH/c1-3-5-19-27-40(62-44(54)33-31-36(48)46(56)57)38(50)25-21-15-11-7-9-13-17-23-29-42(52)60-35-61-43(53)30-24-18-14-10-8-12-16-22-26-39(51)41(28-20-6-4-2)63-45(55)34-32-37(49)47(58)59;1-8-9-10-17-20-32(47-35(42)28-37(6,7)24-26-44-31(3)39)21-18-15-13-11-12-14-16-19-22-33(40)45-29-46-34(41)27-36(4,5)23-25-43-30(2)38;;/h36-41,50-51H,3-35,48-49H2,1-2H3,(H,56,57)(H,58,59);15,18,32H,8-14,16-17,19-29H2,1-7H3;2*1H/q;+2;;/p-2/b;18-15-;;/t;32-;;/m.1../s1. The van der Waals surface area contributed by atoms with Crippen LogP contribution in [0, 0.1) is 0 Å². The summed E-state index contributed by atoms with van der Waals surface area (Å²) in [5, 5.41) is 39.3. The van der Waals surface area contributed by atoms with Crippen LogP contribution < -0.4 is 36.3 Å². The molecule has 0 aliphatic heterocycles. The molecule has 0 fully saturated rings. The summed E-state index contributed by atoms with van der Waals surface area (Å²) in [7, 11) is 7.49. The molecule has 0 saturated heterocycles. The molecule has 0 heterocycles. The van der Waals surface area contributed by atoms with E-state index in [1.54, 1.807) is 0 Å². The van der Waals surface area contributed by atoms with Crippen LogP contribution in [-0.2, 0) is 95.4 Å². The number of rotatable bonds is 72. The van der Waals surface area contributed by atoms with Gasteiger partial charge in [-0.05, 0) is 96.3 Å². The lowest BCUT2D eigenvalue weighted by Crippen LogP contribution is -3.00. The van der Waals surface area contributed by atoms with Crippen LogP contribution in [0.3, 0.4) is 0 Å². The molecule has 6 unspecified atom stereocenters. The number of halogens is 2. The van der Waals surface area contributed by atoms with Gasteiger partial charge in [-0.25, -0.2) is 9.59 Å². The van der Waals surface area contributed by atoms with Crippen LogP contribution in [0.5, 0.6) is 0 Å². The van der Waals surface area contributed by atoms with E-state index in [4.69, 9.17) is 64.3 Å². The molecule has 0 bridgehead atoms. The molecular weight excluding hydrogens is 1500 g/mol. The SMILES string of the molecule is CCCCCC(OC(=O)CCC(N)C(=O)O)C(O)CCCCCCCCCCC(=O)OCOC(=O)CCCCCCCCCCC(O)C(CCCCC)OC(=O)CCC(N)C(=O)O.CCCCCC[C@H](C/C=C\CCCCCCCC(=O)OCOC(=O)C[N+](C)(C)CCOC(C)=O)OC(=O)C[N+](C)(C)CCOC(C)=O.[Cl-].[Cl-]. The molecule has 28 nitrogen and oxygen atoms in total. The van der Waals surface area contributed by atoms with Gasteiger partial charge in [-0.3, -0.25) is 43.2 Å². The molecule has 0 radical (unpaired) electrons. The lowest BCUT2D eigenvalue weighted by atomic mass is 9.99. The van der Waals surface area contributed by atoms with Crippen molar-refractivity contribution in [2.24, 2.45) is 11.5 Å². The molecule has 7 atom stereocenters. The number of aliphatic hydroxyl groups excluding tert-OH is 2. The van der Waals surface area contributed by atoms with Gasteiger partial charge in [0.2, 0.25) is 13.6 Å². The van der Waals surface area contributed by atoms with Crippen LogP contribution in [0.25, 0.3) is 0 Å². The molecule has 112 heavy (non-hydrogen) atoms. The van der Waals surface area contributed by atoms with E-state index in [0.29, 0.717) is 68.9 Å². The fourth-order valence-corrected chi connectivity index (χ4v) is 11.8. The number of aliphatic hydroxyl groups is 2.